The molecule has 13 atom stereocenters. The van der Waals surface area contributed by atoms with E-state index in [4.69, 9.17) is 4.74 Å². The summed E-state index contributed by atoms with van der Waals surface area (Å²) in [5.41, 5.74) is 1.00. The van der Waals surface area contributed by atoms with Crippen molar-refractivity contribution >= 4 is 5.78 Å². The molecule has 0 amide bonds. The van der Waals surface area contributed by atoms with Gasteiger partial charge in [0.05, 0.1) is 12.2 Å². The molecule has 39 heavy (non-hydrogen) atoms. The van der Waals surface area contributed by atoms with Crippen LogP contribution in [0.2, 0.25) is 0 Å². The van der Waals surface area contributed by atoms with E-state index in [2.05, 4.69) is 48.5 Å². The van der Waals surface area contributed by atoms with Gasteiger partial charge in [0, 0.05) is 17.6 Å². The Labute approximate surface area is 238 Å². The minimum atomic E-state index is -0.807. The molecule has 5 heteroatoms. The standard InChI is InChI=1S/C34H58O5/c1-11-39-26(36)13-12-23-14-24(18(2)3)25-16-32(8)17-33(9)15-19(4)27(22(7)35)31(38)34(33,10)21(6)29(32)30(37)28(25)20(23)5/h18,20-21,23-26,28-31,36-38H,11-17H2,1-10H3. The topological polar surface area (TPSA) is 87.0 Å². The number of carbonyl (C=O) groups excluding carboxylic acids is 1. The van der Waals surface area contributed by atoms with Gasteiger partial charge in [-0.15, -0.1) is 0 Å². The van der Waals surface area contributed by atoms with Gasteiger partial charge >= 0.3 is 0 Å². The fraction of sp³-hybridized carbons (Fsp3) is 0.912. The molecule has 3 saturated carbocycles. The molecule has 0 spiro atoms. The summed E-state index contributed by atoms with van der Waals surface area (Å²) in [7, 11) is 0. The van der Waals surface area contributed by atoms with Crippen molar-refractivity contribution in [3.05, 3.63) is 11.1 Å². The van der Waals surface area contributed by atoms with Gasteiger partial charge in [-0.25, -0.2) is 0 Å². The van der Waals surface area contributed by atoms with Crippen LogP contribution in [0.25, 0.3) is 0 Å². The van der Waals surface area contributed by atoms with Gasteiger partial charge < -0.3 is 20.1 Å². The summed E-state index contributed by atoms with van der Waals surface area (Å²) in [6, 6.07) is 0. The minimum Gasteiger partial charge on any atom is -0.392 e. The lowest BCUT2D eigenvalue weighted by molar-refractivity contribution is -0.249. The number of allylic oxidation sites excluding steroid dienone is 1. The Kier molecular flexibility index (Phi) is 8.66. The van der Waals surface area contributed by atoms with Gasteiger partial charge in [0.25, 0.3) is 0 Å². The number of aliphatic hydroxyl groups is 3. The lowest BCUT2D eigenvalue weighted by Crippen LogP contribution is -2.68. The number of ether oxygens (including phenoxy) is 1. The van der Waals surface area contributed by atoms with Crippen molar-refractivity contribution < 1.29 is 24.9 Å². The van der Waals surface area contributed by atoms with Crippen LogP contribution in [-0.2, 0) is 9.53 Å². The fourth-order valence-electron chi connectivity index (χ4n) is 11.3. The Bertz CT molecular complexity index is 957. The molecule has 0 aliphatic heterocycles. The second-order valence-corrected chi connectivity index (χ2v) is 15.5. The summed E-state index contributed by atoms with van der Waals surface area (Å²) >= 11 is 0. The largest absolute Gasteiger partial charge is 0.392 e. The van der Waals surface area contributed by atoms with E-state index >= 15 is 0 Å². The second-order valence-electron chi connectivity index (χ2n) is 15.5. The van der Waals surface area contributed by atoms with Crippen LogP contribution < -0.4 is 0 Å². The predicted octanol–water partition coefficient (Wildman–Crippen LogP) is 6.39. The van der Waals surface area contributed by atoms with Gasteiger partial charge in [0.2, 0.25) is 0 Å². The van der Waals surface area contributed by atoms with E-state index in [1.807, 2.05) is 13.8 Å². The summed E-state index contributed by atoms with van der Waals surface area (Å²) in [4.78, 5) is 12.7. The number of hydrogen-bond acceptors (Lipinski definition) is 5. The minimum absolute atomic E-state index is 0.0210. The van der Waals surface area contributed by atoms with Crippen molar-refractivity contribution in [2.75, 3.05) is 6.61 Å². The smallest absolute Gasteiger partial charge is 0.158 e. The third-order valence-electron chi connectivity index (χ3n) is 13.2. The van der Waals surface area contributed by atoms with Crippen LogP contribution in [0.3, 0.4) is 0 Å². The zero-order valence-electron chi connectivity index (χ0n) is 26.5. The third kappa shape index (κ3) is 4.79. The van der Waals surface area contributed by atoms with E-state index in [1.54, 1.807) is 6.92 Å². The first kappa shape index (κ1) is 31.2. The van der Waals surface area contributed by atoms with E-state index in [0.29, 0.717) is 48.2 Å². The molecule has 224 valence electrons. The first-order chi connectivity index (χ1) is 18.0. The fourth-order valence-corrected chi connectivity index (χ4v) is 11.3. The Hall–Kier alpha value is -0.750. The van der Waals surface area contributed by atoms with Crippen LogP contribution in [0.15, 0.2) is 11.1 Å². The van der Waals surface area contributed by atoms with Gasteiger partial charge in [-0.1, -0.05) is 54.0 Å². The number of Topliss-reactive ketones (excluding diaryl/α,β-unsaturated/α-hetero) is 1. The molecule has 0 aromatic carbocycles. The molecule has 4 aliphatic rings. The van der Waals surface area contributed by atoms with Crippen LogP contribution in [0.5, 0.6) is 0 Å². The summed E-state index contributed by atoms with van der Waals surface area (Å²) < 4.78 is 5.44. The van der Waals surface area contributed by atoms with Crippen LogP contribution in [-0.4, -0.2) is 46.2 Å². The van der Waals surface area contributed by atoms with Gasteiger partial charge in [-0.3, -0.25) is 4.79 Å². The summed E-state index contributed by atoms with van der Waals surface area (Å²) in [5, 5.41) is 34.6. The zero-order chi connectivity index (χ0) is 29.2. The Morgan fingerprint density at radius 1 is 1.15 bits per heavy atom. The highest BCUT2D eigenvalue weighted by Crippen LogP contribution is 2.72. The molecule has 4 aliphatic carbocycles. The molecule has 0 aromatic heterocycles. The van der Waals surface area contributed by atoms with Gasteiger partial charge in [-0.05, 0) is 117 Å². The highest BCUT2D eigenvalue weighted by atomic mass is 16.6. The molecule has 0 heterocycles. The zero-order valence-corrected chi connectivity index (χ0v) is 26.5. The molecule has 13 unspecified atom stereocenters. The van der Waals surface area contributed by atoms with Crippen LogP contribution in [0, 0.1) is 63.6 Å². The van der Waals surface area contributed by atoms with Gasteiger partial charge in [-0.2, -0.15) is 0 Å². The van der Waals surface area contributed by atoms with Gasteiger partial charge in [0.1, 0.15) is 0 Å². The SMILES string of the molecule is CCOC(O)CCC1CC(C(C)C)C2CC3(C)CC4(C)CC(C)=C(C(C)=O)C(O)C4(C)C(C)C3C(O)C2C1C. The number of ketones is 1. The molecule has 0 aromatic rings. The van der Waals surface area contributed by atoms with Crippen molar-refractivity contribution in [2.45, 2.75) is 126 Å². The average Bonchev–Trinajstić information content (AvgIpc) is 2.80. The van der Waals surface area contributed by atoms with Crippen LogP contribution in [0.4, 0.5) is 0 Å². The van der Waals surface area contributed by atoms with Crippen molar-refractivity contribution in [2.24, 2.45) is 63.6 Å². The maximum atomic E-state index is 12.7. The molecule has 3 fully saturated rings. The number of carbonyl (C=O) groups is 1. The van der Waals surface area contributed by atoms with Crippen LogP contribution >= 0.6 is 0 Å². The van der Waals surface area contributed by atoms with E-state index < -0.39 is 23.9 Å². The van der Waals surface area contributed by atoms with Gasteiger partial charge in [0.15, 0.2) is 12.1 Å². The first-order valence-corrected chi connectivity index (χ1v) is 15.9. The van der Waals surface area contributed by atoms with Crippen LogP contribution in [0.1, 0.15) is 108 Å². The van der Waals surface area contributed by atoms with E-state index in [0.717, 1.165) is 37.7 Å². The van der Waals surface area contributed by atoms with Crippen molar-refractivity contribution in [3.8, 4) is 0 Å². The number of hydrogen-bond donors (Lipinski definition) is 3. The van der Waals surface area contributed by atoms with E-state index in [1.165, 1.54) is 0 Å². The third-order valence-corrected chi connectivity index (χ3v) is 13.2. The quantitative estimate of drug-likeness (QED) is 0.322. The van der Waals surface area contributed by atoms with E-state index in [-0.39, 0.29) is 34.4 Å². The first-order valence-electron chi connectivity index (χ1n) is 15.9. The lowest BCUT2D eigenvalue weighted by atomic mass is 9.35. The molecular formula is C34H58O5. The monoisotopic (exact) mass is 546 g/mol. The Morgan fingerprint density at radius 2 is 1.79 bits per heavy atom. The maximum absolute atomic E-state index is 12.7. The summed E-state index contributed by atoms with van der Waals surface area (Å²) in [6.07, 6.45) is 3.66. The number of rotatable bonds is 7. The summed E-state index contributed by atoms with van der Waals surface area (Å²) in [6.45, 7) is 22.3. The highest BCUT2D eigenvalue weighted by Gasteiger charge is 2.69. The molecular weight excluding hydrogens is 488 g/mol. The second kappa shape index (κ2) is 10.8. The normalized spacial score (nSPS) is 48.8. The molecule has 0 radical (unpaired) electrons. The molecule has 0 bridgehead atoms. The molecule has 3 N–H and O–H groups in total. The average molecular weight is 547 g/mol. The number of fused-ring (bicyclic) bond motifs is 3. The molecule has 4 rings (SSSR count). The maximum Gasteiger partial charge on any atom is 0.158 e. The number of aliphatic hydroxyl groups excluding tert-OH is 3. The molecule has 5 nitrogen and oxygen atoms in total. The summed E-state index contributed by atoms with van der Waals surface area (Å²) in [5.74, 6) is 2.69. The van der Waals surface area contributed by atoms with Crippen molar-refractivity contribution in [1.29, 1.82) is 0 Å². The Morgan fingerprint density at radius 3 is 2.36 bits per heavy atom. The molecule has 0 saturated heterocycles. The van der Waals surface area contributed by atoms with Crippen molar-refractivity contribution in [1.82, 2.24) is 0 Å². The van der Waals surface area contributed by atoms with Crippen molar-refractivity contribution in [3.63, 3.8) is 0 Å². The highest BCUT2D eigenvalue weighted by molar-refractivity contribution is 5.95. The lowest BCUT2D eigenvalue weighted by Gasteiger charge is -2.70. The Balaban J connectivity index is 1.72. The van der Waals surface area contributed by atoms with E-state index in [9.17, 15) is 20.1 Å². The predicted molar refractivity (Wildman–Crippen MR) is 156 cm³/mol.